The van der Waals surface area contributed by atoms with Gasteiger partial charge in [0.05, 0.1) is 12.7 Å². The smallest absolute Gasteiger partial charge is 0.165 e. The van der Waals surface area contributed by atoms with Crippen LogP contribution in [0, 0.1) is 0 Å². The number of tetrazole rings is 1. The Morgan fingerprint density at radius 1 is 1.29 bits per heavy atom. The van der Waals surface area contributed by atoms with Gasteiger partial charge in [0.1, 0.15) is 0 Å². The van der Waals surface area contributed by atoms with Crippen molar-refractivity contribution in [2.45, 2.75) is 45.2 Å². The summed E-state index contributed by atoms with van der Waals surface area (Å²) in [5.41, 5.74) is 1.37. The Kier molecular flexibility index (Phi) is 4.28. The topological polar surface area (TPSA) is 64.7 Å². The van der Waals surface area contributed by atoms with Gasteiger partial charge in [0, 0.05) is 19.8 Å². The highest BCUT2D eigenvalue weighted by atomic mass is 15.5. The first-order valence-electron chi connectivity index (χ1n) is 7.72. The zero-order valence-electron chi connectivity index (χ0n) is 12.8. The number of aryl methyl sites for hydroxylation is 2. The van der Waals surface area contributed by atoms with Crippen molar-refractivity contribution in [1.82, 2.24) is 34.9 Å². The standard InChI is InChI=1S/C14H23N7/c1-3-6-21-14(16-17-18-21)11-20-7-4-12(5-8-20)13-9-15-19(2)10-13/h9-10,12H,3-8,11H2,1-2H3. The summed E-state index contributed by atoms with van der Waals surface area (Å²) in [6.45, 7) is 6.09. The van der Waals surface area contributed by atoms with E-state index in [1.165, 1.54) is 18.4 Å². The molecule has 2 aromatic heterocycles. The van der Waals surface area contributed by atoms with E-state index in [-0.39, 0.29) is 0 Å². The monoisotopic (exact) mass is 289 g/mol. The lowest BCUT2D eigenvalue weighted by Gasteiger charge is -2.31. The molecule has 7 heteroatoms. The lowest BCUT2D eigenvalue weighted by molar-refractivity contribution is 0.197. The molecule has 3 heterocycles. The number of aromatic nitrogens is 6. The fraction of sp³-hybridized carbons (Fsp3) is 0.714. The highest BCUT2D eigenvalue weighted by Gasteiger charge is 2.22. The van der Waals surface area contributed by atoms with Crippen LogP contribution in [0.4, 0.5) is 0 Å². The molecule has 0 aromatic carbocycles. The van der Waals surface area contributed by atoms with Gasteiger partial charge in [-0.3, -0.25) is 9.58 Å². The van der Waals surface area contributed by atoms with Crippen LogP contribution < -0.4 is 0 Å². The molecule has 1 aliphatic rings. The van der Waals surface area contributed by atoms with E-state index in [9.17, 15) is 0 Å². The van der Waals surface area contributed by atoms with Crippen molar-refractivity contribution in [3.05, 3.63) is 23.8 Å². The van der Waals surface area contributed by atoms with E-state index < -0.39 is 0 Å². The molecule has 0 bridgehead atoms. The average molecular weight is 289 g/mol. The third-order valence-electron chi connectivity index (χ3n) is 4.19. The van der Waals surface area contributed by atoms with E-state index in [1.807, 2.05) is 22.6 Å². The van der Waals surface area contributed by atoms with Gasteiger partial charge in [-0.1, -0.05) is 6.92 Å². The second kappa shape index (κ2) is 6.34. The van der Waals surface area contributed by atoms with Crippen molar-refractivity contribution in [2.75, 3.05) is 13.1 Å². The van der Waals surface area contributed by atoms with Crippen LogP contribution in [0.3, 0.4) is 0 Å². The van der Waals surface area contributed by atoms with Gasteiger partial charge in [0.2, 0.25) is 0 Å². The molecule has 0 N–H and O–H groups in total. The first-order chi connectivity index (χ1) is 10.3. The molecule has 1 fully saturated rings. The van der Waals surface area contributed by atoms with Gasteiger partial charge < -0.3 is 0 Å². The Balaban J connectivity index is 1.55. The maximum Gasteiger partial charge on any atom is 0.165 e. The number of rotatable bonds is 5. The summed E-state index contributed by atoms with van der Waals surface area (Å²) in [4.78, 5) is 2.45. The fourth-order valence-electron chi connectivity index (χ4n) is 3.00. The number of piperidine rings is 1. The molecule has 0 saturated carbocycles. The normalized spacial score (nSPS) is 17.4. The van der Waals surface area contributed by atoms with Crippen LogP contribution in [0.1, 0.15) is 43.5 Å². The van der Waals surface area contributed by atoms with Crippen LogP contribution in [0.5, 0.6) is 0 Å². The highest BCUT2D eigenvalue weighted by molar-refractivity contribution is 5.12. The molecule has 114 valence electrons. The number of hydrogen-bond acceptors (Lipinski definition) is 5. The maximum atomic E-state index is 4.28. The van der Waals surface area contributed by atoms with Gasteiger partial charge in [-0.05, 0) is 54.3 Å². The van der Waals surface area contributed by atoms with Crippen LogP contribution in [-0.2, 0) is 20.1 Å². The van der Waals surface area contributed by atoms with Crippen molar-refractivity contribution < 1.29 is 0 Å². The summed E-state index contributed by atoms with van der Waals surface area (Å²) in [6, 6.07) is 0. The van der Waals surface area contributed by atoms with Crippen molar-refractivity contribution in [3.63, 3.8) is 0 Å². The van der Waals surface area contributed by atoms with E-state index in [0.29, 0.717) is 5.92 Å². The molecule has 0 aliphatic carbocycles. The molecular formula is C14H23N7. The minimum Gasteiger partial charge on any atom is -0.296 e. The largest absolute Gasteiger partial charge is 0.296 e. The van der Waals surface area contributed by atoms with Gasteiger partial charge in [-0.25, -0.2) is 4.68 Å². The highest BCUT2D eigenvalue weighted by Crippen LogP contribution is 2.27. The summed E-state index contributed by atoms with van der Waals surface area (Å²) in [7, 11) is 1.98. The molecular weight excluding hydrogens is 266 g/mol. The fourth-order valence-corrected chi connectivity index (χ4v) is 3.00. The van der Waals surface area contributed by atoms with Crippen molar-refractivity contribution in [3.8, 4) is 0 Å². The maximum absolute atomic E-state index is 4.28. The number of nitrogens with zero attached hydrogens (tertiary/aromatic N) is 7. The van der Waals surface area contributed by atoms with Gasteiger partial charge >= 0.3 is 0 Å². The van der Waals surface area contributed by atoms with Crippen molar-refractivity contribution in [2.24, 2.45) is 7.05 Å². The van der Waals surface area contributed by atoms with E-state index in [1.54, 1.807) is 0 Å². The van der Waals surface area contributed by atoms with Crippen LogP contribution in [0.15, 0.2) is 12.4 Å². The van der Waals surface area contributed by atoms with E-state index in [4.69, 9.17) is 0 Å². The Labute approximate surface area is 124 Å². The summed E-state index contributed by atoms with van der Waals surface area (Å²) in [5, 5.41) is 16.3. The van der Waals surface area contributed by atoms with Crippen molar-refractivity contribution >= 4 is 0 Å². The van der Waals surface area contributed by atoms with Gasteiger partial charge in [0.15, 0.2) is 5.82 Å². The van der Waals surface area contributed by atoms with E-state index >= 15 is 0 Å². The summed E-state index contributed by atoms with van der Waals surface area (Å²) in [5.74, 6) is 1.62. The Morgan fingerprint density at radius 3 is 2.76 bits per heavy atom. The molecule has 3 rings (SSSR count). The van der Waals surface area contributed by atoms with E-state index in [2.05, 4.69) is 38.6 Å². The molecule has 0 spiro atoms. The predicted molar refractivity (Wildman–Crippen MR) is 78.6 cm³/mol. The minimum absolute atomic E-state index is 0.640. The molecule has 0 amide bonds. The molecule has 1 aliphatic heterocycles. The first-order valence-corrected chi connectivity index (χ1v) is 7.72. The van der Waals surface area contributed by atoms with E-state index in [0.717, 1.165) is 38.4 Å². The lowest BCUT2D eigenvalue weighted by atomic mass is 9.91. The SMILES string of the molecule is CCCn1nnnc1CN1CCC(c2cnn(C)c2)CC1. The Hall–Kier alpha value is -1.76. The Morgan fingerprint density at radius 2 is 2.10 bits per heavy atom. The van der Waals surface area contributed by atoms with Crippen LogP contribution >= 0.6 is 0 Å². The second-order valence-corrected chi connectivity index (χ2v) is 5.82. The summed E-state index contributed by atoms with van der Waals surface area (Å²) >= 11 is 0. The molecule has 7 nitrogen and oxygen atoms in total. The molecule has 21 heavy (non-hydrogen) atoms. The number of hydrogen-bond donors (Lipinski definition) is 0. The van der Waals surface area contributed by atoms with Crippen LogP contribution in [-0.4, -0.2) is 48.0 Å². The van der Waals surface area contributed by atoms with Gasteiger partial charge in [-0.15, -0.1) is 5.10 Å². The van der Waals surface area contributed by atoms with Crippen molar-refractivity contribution in [1.29, 1.82) is 0 Å². The van der Waals surface area contributed by atoms with Gasteiger partial charge in [-0.2, -0.15) is 5.10 Å². The third-order valence-corrected chi connectivity index (χ3v) is 4.19. The zero-order chi connectivity index (χ0) is 14.7. The quantitative estimate of drug-likeness (QED) is 0.827. The molecule has 0 unspecified atom stereocenters. The Bertz CT molecular complexity index is 565. The number of likely N-dealkylation sites (tertiary alicyclic amines) is 1. The van der Waals surface area contributed by atoms with Crippen LogP contribution in [0.25, 0.3) is 0 Å². The summed E-state index contributed by atoms with van der Waals surface area (Å²) in [6.07, 6.45) is 7.56. The zero-order valence-corrected chi connectivity index (χ0v) is 12.8. The molecule has 0 radical (unpaired) electrons. The molecule has 2 aromatic rings. The predicted octanol–water partition coefficient (Wildman–Crippen LogP) is 1.20. The lowest BCUT2D eigenvalue weighted by Crippen LogP contribution is -2.33. The summed E-state index contributed by atoms with van der Waals surface area (Å²) < 4.78 is 3.81. The van der Waals surface area contributed by atoms with Crippen LogP contribution in [0.2, 0.25) is 0 Å². The van der Waals surface area contributed by atoms with Gasteiger partial charge in [0.25, 0.3) is 0 Å². The second-order valence-electron chi connectivity index (χ2n) is 5.82. The average Bonchev–Trinajstić information content (AvgIpc) is 3.10. The molecule has 0 atom stereocenters. The molecule has 1 saturated heterocycles. The first kappa shape index (κ1) is 14.2. The minimum atomic E-state index is 0.640. The third kappa shape index (κ3) is 3.29.